The van der Waals surface area contributed by atoms with Crippen molar-refractivity contribution in [2.24, 2.45) is 0 Å². The van der Waals surface area contributed by atoms with Crippen LogP contribution in [0.2, 0.25) is 0 Å². The van der Waals surface area contributed by atoms with Crippen molar-refractivity contribution < 1.29 is 9.47 Å². The van der Waals surface area contributed by atoms with Crippen molar-refractivity contribution in [3.05, 3.63) is 54.1 Å². The molecule has 0 aromatic heterocycles. The molecule has 0 amide bonds. The summed E-state index contributed by atoms with van der Waals surface area (Å²) >= 11 is 0. The minimum absolute atomic E-state index is 0.477. The van der Waals surface area contributed by atoms with Crippen molar-refractivity contribution in [3.8, 4) is 23.3 Å². The molecule has 2 aromatic carbocycles. The van der Waals surface area contributed by atoms with E-state index in [2.05, 4.69) is 6.07 Å². The van der Waals surface area contributed by atoms with Gasteiger partial charge in [0.1, 0.15) is 23.3 Å². The highest BCUT2D eigenvalue weighted by molar-refractivity contribution is 5.48. The lowest BCUT2D eigenvalue weighted by Gasteiger charge is -2.09. The molecule has 0 saturated carbocycles. The Hall–Kier alpha value is -2.47. The minimum Gasteiger partial charge on any atom is -0.492 e. The van der Waals surface area contributed by atoms with Gasteiger partial charge in [-0.05, 0) is 31.2 Å². The fourth-order valence-corrected chi connectivity index (χ4v) is 1.57. The molecule has 0 N–H and O–H groups in total. The maximum atomic E-state index is 9.05. The van der Waals surface area contributed by atoms with Crippen LogP contribution in [-0.4, -0.2) is 6.61 Å². The summed E-state index contributed by atoms with van der Waals surface area (Å²) in [5.41, 5.74) is 0.477. The Kier molecular flexibility index (Phi) is 3.83. The third kappa shape index (κ3) is 2.80. The number of ether oxygens (including phenoxy) is 2. The molecule has 3 nitrogen and oxygen atoms in total. The first-order valence-electron chi connectivity index (χ1n) is 5.73. The van der Waals surface area contributed by atoms with Gasteiger partial charge in [-0.1, -0.05) is 18.2 Å². The normalized spacial score (nSPS) is 9.56. The van der Waals surface area contributed by atoms with Gasteiger partial charge in [-0.15, -0.1) is 0 Å². The Morgan fingerprint density at radius 1 is 1.06 bits per heavy atom. The third-order valence-electron chi connectivity index (χ3n) is 2.35. The average Bonchev–Trinajstić information content (AvgIpc) is 2.42. The van der Waals surface area contributed by atoms with Crippen LogP contribution in [-0.2, 0) is 0 Å². The summed E-state index contributed by atoms with van der Waals surface area (Å²) in [7, 11) is 0. The number of hydrogen-bond donors (Lipinski definition) is 0. The first kappa shape index (κ1) is 12.0. The molecule has 0 saturated heterocycles. The van der Waals surface area contributed by atoms with Crippen LogP contribution in [0.5, 0.6) is 17.2 Å². The van der Waals surface area contributed by atoms with E-state index in [1.807, 2.05) is 37.3 Å². The van der Waals surface area contributed by atoms with Gasteiger partial charge >= 0.3 is 0 Å². The number of nitrogens with zero attached hydrogens (tertiary/aromatic N) is 1. The molecule has 90 valence electrons. The van der Waals surface area contributed by atoms with E-state index in [1.165, 1.54) is 0 Å². The van der Waals surface area contributed by atoms with Crippen molar-refractivity contribution in [1.82, 2.24) is 0 Å². The molecular weight excluding hydrogens is 226 g/mol. The Bertz CT molecular complexity index is 558. The Labute approximate surface area is 106 Å². The van der Waals surface area contributed by atoms with E-state index in [9.17, 15) is 0 Å². The first-order valence-corrected chi connectivity index (χ1v) is 5.73. The van der Waals surface area contributed by atoms with Crippen LogP contribution in [0.15, 0.2) is 48.5 Å². The van der Waals surface area contributed by atoms with Crippen LogP contribution in [0.4, 0.5) is 0 Å². The average molecular weight is 239 g/mol. The fourth-order valence-electron chi connectivity index (χ4n) is 1.57. The van der Waals surface area contributed by atoms with Crippen LogP contribution in [0.3, 0.4) is 0 Å². The maximum absolute atomic E-state index is 9.05. The van der Waals surface area contributed by atoms with E-state index in [0.717, 1.165) is 5.75 Å². The molecule has 3 heteroatoms. The van der Waals surface area contributed by atoms with Gasteiger partial charge < -0.3 is 9.47 Å². The molecule has 0 fully saturated rings. The highest BCUT2D eigenvalue weighted by Gasteiger charge is 2.05. The summed E-state index contributed by atoms with van der Waals surface area (Å²) < 4.78 is 11.0. The van der Waals surface area contributed by atoms with Gasteiger partial charge in [-0.3, -0.25) is 0 Å². The van der Waals surface area contributed by atoms with E-state index >= 15 is 0 Å². The van der Waals surface area contributed by atoms with Crippen LogP contribution in [0.1, 0.15) is 12.5 Å². The van der Waals surface area contributed by atoms with Crippen molar-refractivity contribution >= 4 is 0 Å². The van der Waals surface area contributed by atoms with E-state index in [1.54, 1.807) is 18.2 Å². The fraction of sp³-hybridized carbons (Fsp3) is 0.133. The van der Waals surface area contributed by atoms with Gasteiger partial charge in [0.25, 0.3) is 0 Å². The van der Waals surface area contributed by atoms with Crippen LogP contribution >= 0.6 is 0 Å². The number of nitriles is 1. The van der Waals surface area contributed by atoms with Gasteiger partial charge in [0.15, 0.2) is 0 Å². The molecule has 0 aliphatic rings. The molecule has 0 aliphatic heterocycles. The maximum Gasteiger partial charge on any atom is 0.137 e. The van der Waals surface area contributed by atoms with E-state index in [-0.39, 0.29) is 0 Å². The molecule has 0 unspecified atom stereocenters. The second-order valence-corrected chi connectivity index (χ2v) is 3.62. The smallest absolute Gasteiger partial charge is 0.137 e. The van der Waals surface area contributed by atoms with Gasteiger partial charge in [-0.25, -0.2) is 0 Å². The zero-order chi connectivity index (χ0) is 12.8. The Balaban J connectivity index is 2.23. The molecule has 0 bridgehead atoms. The topological polar surface area (TPSA) is 42.2 Å². The monoisotopic (exact) mass is 239 g/mol. The number of hydrogen-bond acceptors (Lipinski definition) is 3. The highest BCUT2D eigenvalue weighted by Crippen LogP contribution is 2.27. The predicted octanol–water partition coefficient (Wildman–Crippen LogP) is 3.75. The molecule has 18 heavy (non-hydrogen) atoms. The lowest BCUT2D eigenvalue weighted by Crippen LogP contribution is -1.94. The van der Waals surface area contributed by atoms with Crippen LogP contribution in [0, 0.1) is 11.3 Å². The number of para-hydroxylation sites is 1. The van der Waals surface area contributed by atoms with Crippen LogP contribution < -0.4 is 9.47 Å². The summed E-state index contributed by atoms with van der Waals surface area (Å²) in [4.78, 5) is 0. The van der Waals surface area contributed by atoms with Gasteiger partial charge in [0, 0.05) is 6.07 Å². The predicted molar refractivity (Wildman–Crippen MR) is 68.8 cm³/mol. The van der Waals surface area contributed by atoms with Crippen molar-refractivity contribution in [1.29, 1.82) is 5.26 Å². The van der Waals surface area contributed by atoms with Gasteiger partial charge in [0.2, 0.25) is 0 Å². The molecule has 0 radical (unpaired) electrons. The number of rotatable bonds is 4. The highest BCUT2D eigenvalue weighted by atomic mass is 16.5. The SMILES string of the molecule is CCOc1ccc(Oc2ccccc2)cc1C#N. The second kappa shape index (κ2) is 5.74. The van der Waals surface area contributed by atoms with E-state index < -0.39 is 0 Å². The summed E-state index contributed by atoms with van der Waals surface area (Å²) in [6, 6.07) is 16.8. The lowest BCUT2D eigenvalue weighted by atomic mass is 10.2. The standard InChI is InChI=1S/C15H13NO2/c1-2-17-15-9-8-14(10-12(15)11-16)18-13-6-4-3-5-7-13/h3-10H,2H2,1H3. The quantitative estimate of drug-likeness (QED) is 0.816. The van der Waals surface area contributed by atoms with Gasteiger partial charge in [0.05, 0.1) is 12.2 Å². The molecule has 0 heterocycles. The van der Waals surface area contributed by atoms with Crippen LogP contribution in [0.25, 0.3) is 0 Å². The van der Waals surface area contributed by atoms with Crippen molar-refractivity contribution in [2.75, 3.05) is 6.61 Å². The van der Waals surface area contributed by atoms with E-state index in [4.69, 9.17) is 14.7 Å². The lowest BCUT2D eigenvalue weighted by molar-refractivity contribution is 0.338. The summed E-state index contributed by atoms with van der Waals surface area (Å²) in [5.74, 6) is 1.95. The molecule has 0 atom stereocenters. The molecule has 0 spiro atoms. The first-order chi connectivity index (χ1) is 8.83. The number of benzene rings is 2. The Morgan fingerprint density at radius 3 is 2.50 bits per heavy atom. The summed E-state index contributed by atoms with van der Waals surface area (Å²) in [6.45, 7) is 2.42. The Morgan fingerprint density at radius 2 is 1.83 bits per heavy atom. The second-order valence-electron chi connectivity index (χ2n) is 3.62. The molecule has 2 rings (SSSR count). The van der Waals surface area contributed by atoms with E-state index in [0.29, 0.717) is 23.7 Å². The third-order valence-corrected chi connectivity index (χ3v) is 2.35. The zero-order valence-electron chi connectivity index (χ0n) is 10.1. The van der Waals surface area contributed by atoms with Gasteiger partial charge in [-0.2, -0.15) is 5.26 Å². The van der Waals surface area contributed by atoms with Crippen molar-refractivity contribution in [2.45, 2.75) is 6.92 Å². The summed E-state index contributed by atoms with van der Waals surface area (Å²) in [6.07, 6.45) is 0. The largest absolute Gasteiger partial charge is 0.492 e. The van der Waals surface area contributed by atoms with Crippen molar-refractivity contribution in [3.63, 3.8) is 0 Å². The molecular formula is C15H13NO2. The minimum atomic E-state index is 0.477. The molecule has 2 aromatic rings. The molecule has 0 aliphatic carbocycles. The summed E-state index contributed by atoms with van der Waals surface area (Å²) in [5, 5.41) is 9.05. The zero-order valence-corrected chi connectivity index (χ0v) is 10.1.